The highest BCUT2D eigenvalue weighted by atomic mass is 32.1. The Labute approximate surface area is 323 Å². The van der Waals surface area contributed by atoms with Gasteiger partial charge in [0.2, 0.25) is 0 Å². The van der Waals surface area contributed by atoms with E-state index in [0.29, 0.717) is 26.6 Å². The van der Waals surface area contributed by atoms with Crippen LogP contribution in [0.1, 0.15) is 20.9 Å². The molecule has 2 aromatic heterocycles. The first kappa shape index (κ1) is 44.6. The van der Waals surface area contributed by atoms with Gasteiger partial charge in [0.25, 0.3) is 0 Å². The maximum Gasteiger partial charge on any atom is 0.461 e. The molecule has 0 saturated heterocycles. The summed E-state index contributed by atoms with van der Waals surface area (Å²) in [4.78, 5) is 43.9. The predicted molar refractivity (Wildman–Crippen MR) is 204 cm³/mol. The van der Waals surface area contributed by atoms with Gasteiger partial charge in [0, 0.05) is 21.9 Å². The summed E-state index contributed by atoms with van der Waals surface area (Å²) in [5, 5.41) is 30.2. The molecule has 2 atom stereocenters. The molecular weight excluding hydrogens is 802 g/mol. The Bertz CT molecular complexity index is 2040. The lowest BCUT2D eigenvalue weighted by molar-refractivity contribution is -0.380. The third kappa shape index (κ3) is 14.4. The van der Waals surface area contributed by atoms with Crippen molar-refractivity contribution < 1.29 is 56.5 Å². The van der Waals surface area contributed by atoms with E-state index in [1.54, 1.807) is 56.6 Å². The van der Waals surface area contributed by atoms with Crippen LogP contribution >= 0.6 is 38.2 Å². The molecule has 0 saturated carbocycles. The minimum atomic E-state index is -3.68. The van der Waals surface area contributed by atoms with Gasteiger partial charge in [0.1, 0.15) is 18.1 Å². The summed E-state index contributed by atoms with van der Waals surface area (Å²) in [6, 6.07) is 18.4. The molecule has 0 aliphatic carbocycles. The van der Waals surface area contributed by atoms with E-state index in [9.17, 15) is 38.9 Å². The molecule has 2 unspecified atom stereocenters. The number of carbonyl (C=O) groups excluding carboxylic acids is 1. The summed E-state index contributed by atoms with van der Waals surface area (Å²) < 4.78 is 55.4. The van der Waals surface area contributed by atoms with Crippen molar-refractivity contribution in [2.75, 3.05) is 34.8 Å². The van der Waals surface area contributed by atoms with E-state index in [1.807, 2.05) is 0 Å². The van der Waals surface area contributed by atoms with Crippen molar-refractivity contribution >= 4 is 60.1 Å². The maximum atomic E-state index is 13.0. The molecular formula is C33H38N4O14P2S2. The van der Waals surface area contributed by atoms with Crippen LogP contribution < -0.4 is 9.05 Å². The molecule has 296 valence electrons. The second-order valence-electron chi connectivity index (χ2n) is 11.4. The Hall–Kier alpha value is -4.78. The van der Waals surface area contributed by atoms with Gasteiger partial charge in [-0.2, -0.15) is 0 Å². The summed E-state index contributed by atoms with van der Waals surface area (Å²) >= 11 is 1.88. The lowest BCUT2D eigenvalue weighted by atomic mass is 10.1. The van der Waals surface area contributed by atoms with Gasteiger partial charge < -0.3 is 18.9 Å². The highest BCUT2D eigenvalue weighted by Gasteiger charge is 2.32. The molecule has 2 heterocycles. The molecule has 0 bridgehead atoms. The van der Waals surface area contributed by atoms with Gasteiger partial charge in [-0.1, -0.05) is 59.6 Å². The van der Waals surface area contributed by atoms with Crippen LogP contribution in [-0.2, 0) is 58.6 Å². The number of nitrogens with zero attached hydrogens (tertiary/aromatic N) is 4. The molecule has 55 heavy (non-hydrogen) atoms. The van der Waals surface area contributed by atoms with Crippen molar-refractivity contribution in [3.05, 3.63) is 127 Å². The maximum absolute atomic E-state index is 13.0. The average Bonchev–Trinajstić information content (AvgIpc) is 3.82. The molecule has 0 amide bonds. The highest BCUT2D eigenvalue weighted by Crippen LogP contribution is 2.52. The largest absolute Gasteiger partial charge is 0.481 e. The lowest BCUT2D eigenvalue weighted by Crippen LogP contribution is -2.15. The van der Waals surface area contributed by atoms with Crippen LogP contribution in [0.2, 0.25) is 0 Å². The number of esters is 1. The monoisotopic (exact) mass is 840 g/mol. The average molecular weight is 841 g/mol. The zero-order valence-electron chi connectivity index (χ0n) is 30.0. The molecule has 2 aromatic carbocycles. The summed E-state index contributed by atoms with van der Waals surface area (Å²) in [7, 11) is -1.23. The van der Waals surface area contributed by atoms with Crippen LogP contribution in [0, 0.1) is 20.2 Å². The number of benzene rings is 2. The van der Waals surface area contributed by atoms with Crippen molar-refractivity contribution in [3.63, 3.8) is 0 Å². The zero-order chi connectivity index (χ0) is 40.8. The molecule has 0 aliphatic rings. The summed E-state index contributed by atoms with van der Waals surface area (Å²) in [5.41, 5.74) is 1.29. The van der Waals surface area contributed by atoms with Gasteiger partial charge in [-0.25, -0.2) is 18.5 Å². The van der Waals surface area contributed by atoms with E-state index in [1.165, 1.54) is 59.8 Å². The fraction of sp³-hybridized carbons (Fsp3) is 0.273. The molecule has 4 rings (SSSR count). The van der Waals surface area contributed by atoms with Crippen LogP contribution in [0.15, 0.2) is 85.5 Å². The lowest BCUT2D eigenvalue weighted by Gasteiger charge is -2.24. The topological polar surface area (TPSA) is 227 Å². The van der Waals surface area contributed by atoms with Gasteiger partial charge in [-0.3, -0.25) is 38.9 Å². The van der Waals surface area contributed by atoms with Gasteiger partial charge in [-0.15, -0.1) is 0 Å². The van der Waals surface area contributed by atoms with Gasteiger partial charge in [-0.05, 0) is 75.7 Å². The highest BCUT2D eigenvalue weighted by molar-refractivity contribution is 7.51. The molecule has 0 radical (unpaired) electrons. The van der Waals surface area contributed by atoms with Crippen molar-refractivity contribution in [2.45, 2.75) is 26.1 Å². The number of carboxylic acids is 1. The number of nitro groups is 2. The summed E-state index contributed by atoms with van der Waals surface area (Å²) in [6.45, 7) is 3.42. The van der Waals surface area contributed by atoms with Crippen LogP contribution in [0.5, 0.6) is 11.5 Å². The second-order valence-corrected chi connectivity index (χ2v) is 18.0. The number of thiophene rings is 2. The number of aliphatic carboxylic acids is 1. The molecule has 0 fully saturated rings. The fourth-order valence-corrected chi connectivity index (χ4v) is 7.88. The first-order valence-electron chi connectivity index (χ1n) is 15.8. The molecule has 4 aromatic rings. The molecule has 0 aliphatic heterocycles. The first-order valence-corrected chi connectivity index (χ1v) is 20.4. The predicted octanol–water partition coefficient (Wildman–Crippen LogP) is 7.74. The number of rotatable bonds is 20. The van der Waals surface area contributed by atoms with Crippen LogP contribution in [0.4, 0.5) is 10.0 Å². The van der Waals surface area contributed by atoms with Crippen molar-refractivity contribution in [2.24, 2.45) is 0 Å². The van der Waals surface area contributed by atoms with Crippen LogP contribution in [-0.4, -0.2) is 71.0 Å². The van der Waals surface area contributed by atoms with Crippen molar-refractivity contribution in [3.8, 4) is 11.5 Å². The number of ether oxygens (including phenoxy) is 1. The zero-order valence-corrected chi connectivity index (χ0v) is 33.4. The van der Waals surface area contributed by atoms with Crippen LogP contribution in [0.25, 0.3) is 0 Å². The van der Waals surface area contributed by atoms with Crippen LogP contribution in [0.3, 0.4) is 0 Å². The van der Waals surface area contributed by atoms with E-state index >= 15 is 0 Å². The minimum Gasteiger partial charge on any atom is -0.481 e. The Balaban J connectivity index is 0.000000297. The minimum absolute atomic E-state index is 0.0218. The van der Waals surface area contributed by atoms with Gasteiger partial charge in [0.15, 0.2) is 0 Å². The Kier molecular flexibility index (Phi) is 16.9. The normalized spacial score (nSPS) is 13.1. The van der Waals surface area contributed by atoms with E-state index < -0.39 is 31.3 Å². The van der Waals surface area contributed by atoms with E-state index in [-0.39, 0.29) is 54.4 Å². The third-order valence-corrected chi connectivity index (χ3v) is 12.5. The molecule has 1 N–H and O–H groups in total. The Morgan fingerprint density at radius 2 is 1.13 bits per heavy atom. The summed E-state index contributed by atoms with van der Waals surface area (Å²) in [6.07, 6.45) is 1.45. The standard InChI is InChI=1S/C18H21N2O7PS.C15H17N2O7PS/c1-4-11-25-18(21)12-14-5-7-15(8-6-14)27-28(24,19(2)3)26-13-16-9-10-17(29-16)20(22)23;1-16(2)25(22,23-10-13-7-8-14(26-13)17(20)21)24-12-5-3-11(4-6-12)9-15(18)19/h4-10H,1,11-13H2,2-3H3;3-8H,9-10H2,1-2H3,(H,18,19). The molecule has 22 heteroatoms. The quantitative estimate of drug-likeness (QED) is 0.0295. The Morgan fingerprint density at radius 3 is 1.45 bits per heavy atom. The van der Waals surface area contributed by atoms with E-state index in [2.05, 4.69) is 6.58 Å². The number of carbonyl (C=O) groups is 2. The van der Waals surface area contributed by atoms with Gasteiger partial charge >= 0.3 is 37.4 Å². The fourth-order valence-electron chi connectivity index (χ4n) is 3.97. The molecule has 0 spiro atoms. The number of carboxylic acid groups (broad SMARTS) is 1. The smallest absolute Gasteiger partial charge is 0.461 e. The Morgan fingerprint density at radius 1 is 0.727 bits per heavy atom. The first-order chi connectivity index (χ1) is 25.9. The van der Waals surface area contributed by atoms with E-state index in [0.717, 1.165) is 22.7 Å². The second kappa shape index (κ2) is 20.8. The third-order valence-electron chi connectivity index (χ3n) is 6.73. The van der Waals surface area contributed by atoms with Crippen molar-refractivity contribution in [1.29, 1.82) is 0 Å². The SMILES string of the molecule is C=CCOC(=O)Cc1ccc(OP(=O)(OCc2ccc([N+](=O)[O-])s2)N(C)C)cc1.CN(C)P(=O)(OCc1ccc([N+](=O)[O-])s1)Oc1ccc(CC(=O)O)cc1. The number of hydrogen-bond acceptors (Lipinski definition) is 15. The molecule has 18 nitrogen and oxygen atoms in total. The number of hydrogen-bond donors (Lipinski definition) is 1. The van der Waals surface area contributed by atoms with Gasteiger partial charge in [0.05, 0.1) is 35.9 Å². The van der Waals surface area contributed by atoms with E-state index in [4.69, 9.17) is 27.9 Å². The summed E-state index contributed by atoms with van der Waals surface area (Å²) in [5.74, 6) is -0.785. The van der Waals surface area contributed by atoms with Crippen molar-refractivity contribution in [1.82, 2.24) is 9.34 Å².